The van der Waals surface area contributed by atoms with Crippen LogP contribution >= 0.6 is 11.6 Å². The summed E-state index contributed by atoms with van der Waals surface area (Å²) >= 11 is 5.87. The number of carbonyl (C=O) groups is 1. The highest BCUT2D eigenvalue weighted by molar-refractivity contribution is 6.30. The van der Waals surface area contributed by atoms with Gasteiger partial charge in [-0.1, -0.05) is 24.6 Å². The van der Waals surface area contributed by atoms with E-state index >= 15 is 0 Å². The minimum atomic E-state index is -0.111. The lowest BCUT2D eigenvalue weighted by Crippen LogP contribution is -2.18. The summed E-state index contributed by atoms with van der Waals surface area (Å²) in [5.74, 6) is -0.111. The Morgan fingerprint density at radius 2 is 2.30 bits per heavy atom. The van der Waals surface area contributed by atoms with Crippen LogP contribution in [0.4, 0.5) is 5.69 Å². The van der Waals surface area contributed by atoms with Crippen molar-refractivity contribution in [2.45, 2.75) is 20.0 Å². The third-order valence-corrected chi connectivity index (χ3v) is 2.91. The van der Waals surface area contributed by atoms with Crippen LogP contribution in [0.2, 0.25) is 5.02 Å². The molecule has 6 heteroatoms. The fourth-order valence-corrected chi connectivity index (χ4v) is 1.96. The third kappa shape index (κ3) is 4.36. The lowest BCUT2D eigenvalue weighted by atomic mass is 10.3. The summed E-state index contributed by atoms with van der Waals surface area (Å²) in [5, 5.41) is 6.58. The molecule has 0 saturated heterocycles. The van der Waals surface area contributed by atoms with Gasteiger partial charge in [0.15, 0.2) is 0 Å². The number of hydrogen-bond donors (Lipinski definition) is 2. The molecule has 0 aliphatic rings. The Morgan fingerprint density at radius 3 is 3.05 bits per heavy atom. The monoisotopic (exact) mass is 292 g/mol. The van der Waals surface area contributed by atoms with Crippen molar-refractivity contribution in [3.8, 4) is 0 Å². The molecule has 0 aliphatic heterocycles. The molecule has 1 amide bonds. The fraction of sp³-hybridized carbons (Fsp3) is 0.286. The summed E-state index contributed by atoms with van der Waals surface area (Å²) in [7, 11) is 0. The highest BCUT2D eigenvalue weighted by Gasteiger charge is 2.05. The Morgan fingerprint density at radius 1 is 1.45 bits per heavy atom. The number of nitrogens with zero attached hydrogens (tertiary/aromatic N) is 2. The molecule has 0 fully saturated rings. The number of benzene rings is 1. The molecule has 2 N–H and O–H groups in total. The topological polar surface area (TPSA) is 59.0 Å². The highest BCUT2D eigenvalue weighted by Crippen LogP contribution is 2.14. The van der Waals surface area contributed by atoms with Gasteiger partial charge in [-0.2, -0.15) is 0 Å². The van der Waals surface area contributed by atoms with Crippen molar-refractivity contribution in [3.05, 3.63) is 47.5 Å². The Hall–Kier alpha value is -1.85. The Bertz CT molecular complexity index is 582. The van der Waals surface area contributed by atoms with E-state index in [0.29, 0.717) is 17.3 Å². The number of aromatic nitrogens is 2. The number of halogens is 1. The molecule has 0 atom stereocenters. The van der Waals surface area contributed by atoms with E-state index in [2.05, 4.69) is 15.6 Å². The van der Waals surface area contributed by atoms with E-state index in [1.807, 2.05) is 13.1 Å². The zero-order valence-electron chi connectivity index (χ0n) is 11.3. The molecule has 106 valence electrons. The average Bonchev–Trinajstić information content (AvgIpc) is 2.83. The van der Waals surface area contributed by atoms with E-state index in [-0.39, 0.29) is 12.5 Å². The summed E-state index contributed by atoms with van der Waals surface area (Å²) in [6, 6.07) is 7.07. The molecular weight excluding hydrogens is 276 g/mol. The second-order valence-electron chi connectivity index (χ2n) is 4.38. The Labute approximate surface area is 123 Å². The van der Waals surface area contributed by atoms with E-state index < -0.39 is 0 Å². The Balaban J connectivity index is 1.89. The highest BCUT2D eigenvalue weighted by atomic mass is 35.5. The number of hydrogen-bond acceptors (Lipinski definition) is 3. The predicted octanol–water partition coefficient (Wildman–Crippen LogP) is 2.28. The first-order valence-electron chi connectivity index (χ1n) is 6.44. The van der Waals surface area contributed by atoms with Crippen LogP contribution in [0.1, 0.15) is 12.6 Å². The summed E-state index contributed by atoms with van der Waals surface area (Å²) < 4.78 is 1.76. The van der Waals surface area contributed by atoms with Gasteiger partial charge in [0.1, 0.15) is 6.54 Å². The first-order valence-corrected chi connectivity index (χ1v) is 6.82. The van der Waals surface area contributed by atoms with Gasteiger partial charge in [-0.3, -0.25) is 4.79 Å². The minimum Gasteiger partial charge on any atom is -0.328 e. The van der Waals surface area contributed by atoms with Crippen LogP contribution in [0, 0.1) is 0 Å². The van der Waals surface area contributed by atoms with Gasteiger partial charge in [-0.05, 0) is 24.7 Å². The molecule has 0 aliphatic carbocycles. The van der Waals surface area contributed by atoms with E-state index in [9.17, 15) is 4.79 Å². The number of carbonyl (C=O) groups excluding carboxylic acids is 1. The number of nitrogens with one attached hydrogen (secondary N) is 2. The van der Waals surface area contributed by atoms with E-state index in [1.165, 1.54) is 0 Å². The maximum atomic E-state index is 11.9. The molecule has 0 spiro atoms. The smallest absolute Gasteiger partial charge is 0.244 e. The van der Waals surface area contributed by atoms with Gasteiger partial charge in [0.2, 0.25) is 5.91 Å². The zero-order chi connectivity index (χ0) is 14.4. The average molecular weight is 293 g/mol. The number of imidazole rings is 1. The van der Waals surface area contributed by atoms with Gasteiger partial charge in [-0.25, -0.2) is 4.98 Å². The summed E-state index contributed by atoms with van der Waals surface area (Å²) in [5.41, 5.74) is 1.61. The minimum absolute atomic E-state index is 0.111. The van der Waals surface area contributed by atoms with Crippen LogP contribution in [-0.4, -0.2) is 22.0 Å². The van der Waals surface area contributed by atoms with Crippen molar-refractivity contribution in [2.75, 3.05) is 11.9 Å². The zero-order valence-corrected chi connectivity index (χ0v) is 12.0. The van der Waals surface area contributed by atoms with Crippen LogP contribution in [-0.2, 0) is 17.9 Å². The normalized spacial score (nSPS) is 10.5. The van der Waals surface area contributed by atoms with Gasteiger partial charge < -0.3 is 15.2 Å². The van der Waals surface area contributed by atoms with Crippen molar-refractivity contribution in [3.63, 3.8) is 0 Å². The molecule has 2 aromatic rings. The van der Waals surface area contributed by atoms with Crippen LogP contribution in [0.15, 0.2) is 36.8 Å². The molecule has 1 aromatic carbocycles. The summed E-state index contributed by atoms with van der Waals surface area (Å²) in [6.07, 6.45) is 3.52. The lowest BCUT2D eigenvalue weighted by molar-refractivity contribution is -0.116. The van der Waals surface area contributed by atoms with Gasteiger partial charge in [0.05, 0.1) is 12.0 Å². The van der Waals surface area contributed by atoms with Crippen molar-refractivity contribution < 1.29 is 4.79 Å². The van der Waals surface area contributed by atoms with E-state index in [0.717, 1.165) is 12.2 Å². The predicted molar refractivity (Wildman–Crippen MR) is 79.7 cm³/mol. The van der Waals surface area contributed by atoms with Crippen LogP contribution < -0.4 is 10.6 Å². The Kier molecular flexibility index (Phi) is 5.15. The van der Waals surface area contributed by atoms with Crippen LogP contribution in [0.25, 0.3) is 0 Å². The fourth-order valence-electron chi connectivity index (χ4n) is 1.77. The maximum absolute atomic E-state index is 11.9. The van der Waals surface area contributed by atoms with Crippen LogP contribution in [0.3, 0.4) is 0 Å². The third-order valence-electron chi connectivity index (χ3n) is 2.68. The number of rotatable bonds is 6. The van der Waals surface area contributed by atoms with Gasteiger partial charge >= 0.3 is 0 Å². The second kappa shape index (κ2) is 7.07. The van der Waals surface area contributed by atoms with Gasteiger partial charge in [0, 0.05) is 23.5 Å². The van der Waals surface area contributed by atoms with Crippen molar-refractivity contribution >= 4 is 23.2 Å². The SMILES string of the molecule is CCNCc1cn(CC(=O)Nc2cccc(Cl)c2)cn1. The van der Waals surface area contributed by atoms with Gasteiger partial charge in [-0.15, -0.1) is 0 Å². The van der Waals surface area contributed by atoms with E-state index in [1.54, 1.807) is 35.2 Å². The molecule has 1 aromatic heterocycles. The molecule has 1 heterocycles. The summed E-state index contributed by atoms with van der Waals surface area (Å²) in [6.45, 7) is 3.86. The lowest BCUT2D eigenvalue weighted by Gasteiger charge is -2.05. The molecule has 5 nitrogen and oxygen atoms in total. The molecule has 0 bridgehead atoms. The molecule has 2 rings (SSSR count). The van der Waals surface area contributed by atoms with Crippen molar-refractivity contribution in [1.82, 2.24) is 14.9 Å². The molecule has 0 radical (unpaired) electrons. The number of amides is 1. The molecular formula is C14H17ClN4O. The molecule has 0 saturated carbocycles. The van der Waals surface area contributed by atoms with Crippen molar-refractivity contribution in [2.24, 2.45) is 0 Å². The van der Waals surface area contributed by atoms with E-state index in [4.69, 9.17) is 11.6 Å². The maximum Gasteiger partial charge on any atom is 0.244 e. The number of anilines is 1. The standard InChI is InChI=1S/C14H17ClN4O/c1-2-16-7-13-8-19(10-17-13)9-14(20)18-12-5-3-4-11(15)6-12/h3-6,8,10,16H,2,7,9H2,1H3,(H,18,20). The second-order valence-corrected chi connectivity index (χ2v) is 4.81. The first kappa shape index (κ1) is 14.6. The van der Waals surface area contributed by atoms with Gasteiger partial charge in [0.25, 0.3) is 0 Å². The van der Waals surface area contributed by atoms with Crippen molar-refractivity contribution in [1.29, 1.82) is 0 Å². The molecule has 0 unspecified atom stereocenters. The quantitative estimate of drug-likeness (QED) is 0.859. The summed E-state index contributed by atoms with van der Waals surface area (Å²) in [4.78, 5) is 16.1. The van der Waals surface area contributed by atoms with Crippen LogP contribution in [0.5, 0.6) is 0 Å². The first-order chi connectivity index (χ1) is 9.67. The largest absolute Gasteiger partial charge is 0.328 e. The molecule has 20 heavy (non-hydrogen) atoms.